The number of halogens is 1. The lowest BCUT2D eigenvalue weighted by Crippen LogP contribution is -2.43. The van der Waals surface area contributed by atoms with Crippen LogP contribution in [0.5, 0.6) is 0 Å². The first-order valence-electron chi connectivity index (χ1n) is 6.22. The Kier molecular flexibility index (Phi) is 6.32. The van der Waals surface area contributed by atoms with Gasteiger partial charge in [-0.15, -0.1) is 11.3 Å². The number of nitrogens with zero attached hydrogens (tertiary/aromatic N) is 1. The van der Waals surface area contributed by atoms with Crippen molar-refractivity contribution in [3.05, 3.63) is 20.8 Å². The second-order valence-corrected chi connectivity index (χ2v) is 7.34. The lowest BCUT2D eigenvalue weighted by Gasteiger charge is -2.24. The fourth-order valence-electron chi connectivity index (χ4n) is 1.81. The molecule has 1 amide bonds. The van der Waals surface area contributed by atoms with Gasteiger partial charge in [0.15, 0.2) is 0 Å². The van der Waals surface area contributed by atoms with E-state index in [0.29, 0.717) is 19.0 Å². The van der Waals surface area contributed by atoms with Crippen molar-refractivity contribution in [2.75, 3.05) is 6.54 Å². The van der Waals surface area contributed by atoms with E-state index >= 15 is 0 Å². The first-order chi connectivity index (χ1) is 8.43. The average molecular weight is 333 g/mol. The molecule has 2 N–H and O–H groups in total. The topological polar surface area (TPSA) is 46.3 Å². The molecule has 1 rings (SSSR count). The van der Waals surface area contributed by atoms with Crippen molar-refractivity contribution < 1.29 is 4.79 Å². The minimum atomic E-state index is -0.381. The number of rotatable bonds is 6. The molecule has 3 nitrogen and oxygen atoms in total. The summed E-state index contributed by atoms with van der Waals surface area (Å²) in [5, 5.41) is 0. The molecule has 1 aromatic heterocycles. The van der Waals surface area contributed by atoms with E-state index in [2.05, 4.69) is 29.8 Å². The number of hydrogen-bond donors (Lipinski definition) is 1. The Balaban J connectivity index is 2.62. The summed E-state index contributed by atoms with van der Waals surface area (Å²) in [5.74, 6) is 0.495. The maximum atomic E-state index is 12.2. The molecule has 0 saturated carbocycles. The van der Waals surface area contributed by atoms with Crippen LogP contribution in [0.15, 0.2) is 15.9 Å². The number of nitrogens with two attached hydrogens (primary N) is 1. The van der Waals surface area contributed by atoms with E-state index in [0.717, 1.165) is 10.2 Å². The van der Waals surface area contributed by atoms with Crippen molar-refractivity contribution in [3.8, 4) is 0 Å². The Morgan fingerprint density at radius 2 is 2.17 bits per heavy atom. The van der Waals surface area contributed by atoms with E-state index in [1.165, 1.54) is 4.88 Å². The molecule has 0 bridgehead atoms. The van der Waals surface area contributed by atoms with Crippen LogP contribution in [0.3, 0.4) is 0 Å². The largest absolute Gasteiger partial charge is 0.336 e. The third kappa shape index (κ3) is 4.71. The van der Waals surface area contributed by atoms with Crippen LogP contribution in [0, 0.1) is 5.92 Å². The van der Waals surface area contributed by atoms with Crippen LogP contribution in [0.25, 0.3) is 0 Å². The van der Waals surface area contributed by atoms with Crippen LogP contribution in [0.2, 0.25) is 0 Å². The molecule has 1 heterocycles. The number of likely N-dealkylation sites (N-methyl/N-ethyl adjacent to an activating group) is 1. The van der Waals surface area contributed by atoms with Crippen molar-refractivity contribution in [3.63, 3.8) is 0 Å². The van der Waals surface area contributed by atoms with Crippen molar-refractivity contribution in [1.82, 2.24) is 4.90 Å². The molecule has 0 spiro atoms. The summed E-state index contributed by atoms with van der Waals surface area (Å²) in [5.41, 5.74) is 5.96. The van der Waals surface area contributed by atoms with E-state index in [1.807, 2.05) is 24.0 Å². The minimum Gasteiger partial charge on any atom is -0.336 e. The predicted molar refractivity (Wildman–Crippen MR) is 80.5 cm³/mol. The first kappa shape index (κ1) is 15.7. The fourth-order valence-corrected chi connectivity index (χ4v) is 3.31. The molecule has 5 heteroatoms. The van der Waals surface area contributed by atoms with Gasteiger partial charge in [-0.25, -0.2) is 0 Å². The molecule has 0 aliphatic heterocycles. The molecule has 1 unspecified atom stereocenters. The summed E-state index contributed by atoms with van der Waals surface area (Å²) in [7, 11) is 0. The summed E-state index contributed by atoms with van der Waals surface area (Å²) >= 11 is 5.09. The fraction of sp³-hybridized carbons (Fsp3) is 0.615. The molecular formula is C13H21BrN2OS. The summed E-state index contributed by atoms with van der Waals surface area (Å²) < 4.78 is 1.09. The van der Waals surface area contributed by atoms with Gasteiger partial charge in [-0.05, 0) is 47.3 Å². The van der Waals surface area contributed by atoms with E-state index in [4.69, 9.17) is 5.73 Å². The van der Waals surface area contributed by atoms with E-state index in [9.17, 15) is 4.79 Å². The Morgan fingerprint density at radius 1 is 1.50 bits per heavy atom. The lowest BCUT2D eigenvalue weighted by atomic mass is 10.0. The molecule has 1 atom stereocenters. The number of thiophene rings is 1. The van der Waals surface area contributed by atoms with Crippen molar-refractivity contribution in [2.45, 2.75) is 39.8 Å². The lowest BCUT2D eigenvalue weighted by molar-refractivity contribution is -0.133. The van der Waals surface area contributed by atoms with Gasteiger partial charge in [-0.2, -0.15) is 0 Å². The van der Waals surface area contributed by atoms with Crippen LogP contribution >= 0.6 is 27.3 Å². The zero-order valence-corrected chi connectivity index (χ0v) is 13.6. The maximum Gasteiger partial charge on any atom is 0.239 e. The number of carbonyl (C=O) groups excluding carboxylic acids is 1. The second-order valence-electron chi connectivity index (χ2n) is 4.79. The smallest absolute Gasteiger partial charge is 0.239 e. The number of amides is 1. The van der Waals surface area contributed by atoms with Gasteiger partial charge in [0.05, 0.1) is 16.4 Å². The highest BCUT2D eigenvalue weighted by Gasteiger charge is 2.21. The van der Waals surface area contributed by atoms with Crippen LogP contribution in [-0.4, -0.2) is 23.4 Å². The van der Waals surface area contributed by atoms with Crippen molar-refractivity contribution in [2.24, 2.45) is 11.7 Å². The monoisotopic (exact) mass is 332 g/mol. The van der Waals surface area contributed by atoms with Crippen LogP contribution in [0.1, 0.15) is 32.1 Å². The molecule has 0 fully saturated rings. The van der Waals surface area contributed by atoms with Crippen LogP contribution in [-0.2, 0) is 11.3 Å². The molecule has 0 aliphatic carbocycles. The SMILES string of the molecule is CCN(Cc1ccc(Br)s1)C(=O)C(N)CC(C)C. The molecule has 0 aromatic carbocycles. The van der Waals surface area contributed by atoms with Gasteiger partial charge in [-0.3, -0.25) is 4.79 Å². The summed E-state index contributed by atoms with van der Waals surface area (Å²) in [6.07, 6.45) is 0.740. The minimum absolute atomic E-state index is 0.0516. The highest BCUT2D eigenvalue weighted by molar-refractivity contribution is 9.11. The summed E-state index contributed by atoms with van der Waals surface area (Å²) in [6, 6.07) is 3.67. The normalized spacial score (nSPS) is 12.8. The molecule has 102 valence electrons. The van der Waals surface area contributed by atoms with Gasteiger partial charge in [0.2, 0.25) is 5.91 Å². The van der Waals surface area contributed by atoms with Gasteiger partial charge < -0.3 is 10.6 Å². The maximum absolute atomic E-state index is 12.2. The van der Waals surface area contributed by atoms with Gasteiger partial charge in [0, 0.05) is 11.4 Å². The first-order valence-corrected chi connectivity index (χ1v) is 7.83. The Labute approximate surface area is 121 Å². The van der Waals surface area contributed by atoms with E-state index in [1.54, 1.807) is 11.3 Å². The molecule has 18 heavy (non-hydrogen) atoms. The molecule has 1 aromatic rings. The van der Waals surface area contributed by atoms with Gasteiger partial charge in [-0.1, -0.05) is 13.8 Å². The summed E-state index contributed by atoms with van der Waals surface area (Å²) in [4.78, 5) is 15.2. The van der Waals surface area contributed by atoms with E-state index in [-0.39, 0.29) is 11.9 Å². The van der Waals surface area contributed by atoms with Gasteiger partial charge in [0.25, 0.3) is 0 Å². The second kappa shape index (κ2) is 7.26. The molecule has 0 aliphatic rings. The van der Waals surface area contributed by atoms with Crippen LogP contribution in [0.4, 0.5) is 0 Å². The van der Waals surface area contributed by atoms with E-state index < -0.39 is 0 Å². The molecule has 0 radical (unpaired) electrons. The highest BCUT2D eigenvalue weighted by atomic mass is 79.9. The Bertz CT molecular complexity index is 392. The number of hydrogen-bond acceptors (Lipinski definition) is 3. The molecule has 0 saturated heterocycles. The van der Waals surface area contributed by atoms with Crippen molar-refractivity contribution >= 4 is 33.2 Å². The van der Waals surface area contributed by atoms with Crippen molar-refractivity contribution in [1.29, 1.82) is 0 Å². The third-order valence-electron chi connectivity index (χ3n) is 2.71. The Hall–Kier alpha value is -0.390. The quantitative estimate of drug-likeness (QED) is 0.869. The Morgan fingerprint density at radius 3 is 2.61 bits per heavy atom. The highest BCUT2D eigenvalue weighted by Crippen LogP contribution is 2.23. The number of carbonyl (C=O) groups is 1. The zero-order valence-electron chi connectivity index (χ0n) is 11.1. The standard InChI is InChI=1S/C13H21BrN2OS/c1-4-16(8-10-5-6-12(14)18-10)13(17)11(15)7-9(2)3/h5-6,9,11H,4,7-8,15H2,1-3H3. The zero-order chi connectivity index (χ0) is 13.7. The predicted octanol–water partition coefficient (Wildman–Crippen LogP) is 3.23. The average Bonchev–Trinajstić information content (AvgIpc) is 2.70. The molecular weight excluding hydrogens is 312 g/mol. The van der Waals surface area contributed by atoms with Crippen LogP contribution < -0.4 is 5.73 Å². The summed E-state index contributed by atoms with van der Waals surface area (Å²) in [6.45, 7) is 7.50. The van der Waals surface area contributed by atoms with Gasteiger partial charge >= 0.3 is 0 Å². The third-order valence-corrected chi connectivity index (χ3v) is 4.32. The van der Waals surface area contributed by atoms with Gasteiger partial charge in [0.1, 0.15) is 0 Å².